The summed E-state index contributed by atoms with van der Waals surface area (Å²) in [6.07, 6.45) is 4.26. The summed E-state index contributed by atoms with van der Waals surface area (Å²) in [4.78, 5) is 6.76. The molecule has 1 heterocycles. The van der Waals surface area contributed by atoms with Gasteiger partial charge in [-0.1, -0.05) is 20.8 Å². The van der Waals surface area contributed by atoms with Crippen molar-refractivity contribution in [2.75, 3.05) is 18.9 Å². The summed E-state index contributed by atoms with van der Waals surface area (Å²) in [7, 11) is 2.20. The number of pyridine rings is 1. The Balaban J connectivity index is 2.55. The molecule has 1 unspecified atom stereocenters. The van der Waals surface area contributed by atoms with E-state index in [1.165, 1.54) is 12.0 Å². The lowest BCUT2D eigenvalue weighted by Crippen LogP contribution is -2.29. The van der Waals surface area contributed by atoms with Crippen LogP contribution in [0.5, 0.6) is 0 Å². The Kier molecular flexibility index (Phi) is 6.85. The zero-order chi connectivity index (χ0) is 14.3. The van der Waals surface area contributed by atoms with Crippen LogP contribution in [0.3, 0.4) is 0 Å². The number of aromatic nitrogens is 1. The van der Waals surface area contributed by atoms with Crippen molar-refractivity contribution in [3.05, 3.63) is 23.9 Å². The van der Waals surface area contributed by atoms with E-state index in [1.54, 1.807) is 0 Å². The maximum Gasteiger partial charge on any atom is 0.126 e. The third-order valence-electron chi connectivity index (χ3n) is 3.38. The van der Waals surface area contributed by atoms with Crippen LogP contribution in [0.2, 0.25) is 0 Å². The highest BCUT2D eigenvalue weighted by molar-refractivity contribution is 5.37. The molecular formula is C16H29N3. The summed E-state index contributed by atoms with van der Waals surface area (Å²) in [5.74, 6) is 1.74. The van der Waals surface area contributed by atoms with Gasteiger partial charge in [0.1, 0.15) is 5.82 Å². The molecule has 0 saturated heterocycles. The fourth-order valence-corrected chi connectivity index (χ4v) is 2.23. The second-order valence-electron chi connectivity index (χ2n) is 5.87. The van der Waals surface area contributed by atoms with Crippen molar-refractivity contribution in [2.45, 2.75) is 53.1 Å². The smallest absolute Gasteiger partial charge is 0.126 e. The van der Waals surface area contributed by atoms with Crippen LogP contribution in [0.15, 0.2) is 18.3 Å². The molecule has 0 aromatic carbocycles. The summed E-state index contributed by atoms with van der Waals surface area (Å²) in [5, 5.41) is 3.34. The molecule has 3 nitrogen and oxygen atoms in total. The van der Waals surface area contributed by atoms with Gasteiger partial charge in [-0.15, -0.1) is 0 Å². The minimum absolute atomic E-state index is 0.611. The largest absolute Gasteiger partial charge is 0.370 e. The molecule has 0 aliphatic heterocycles. The maximum atomic E-state index is 4.35. The number of rotatable bonds is 8. The number of nitrogens with zero attached hydrogens (tertiary/aromatic N) is 2. The van der Waals surface area contributed by atoms with Crippen LogP contribution in [0.4, 0.5) is 5.82 Å². The van der Waals surface area contributed by atoms with Crippen LogP contribution in [-0.4, -0.2) is 29.5 Å². The van der Waals surface area contributed by atoms with Gasteiger partial charge in [0.15, 0.2) is 0 Å². The van der Waals surface area contributed by atoms with Gasteiger partial charge in [-0.2, -0.15) is 0 Å². The van der Waals surface area contributed by atoms with Crippen LogP contribution >= 0.6 is 0 Å². The van der Waals surface area contributed by atoms with Crippen LogP contribution in [0.1, 0.15) is 46.1 Å². The molecule has 0 amide bonds. The maximum absolute atomic E-state index is 4.35. The van der Waals surface area contributed by atoms with E-state index in [9.17, 15) is 0 Å². The summed E-state index contributed by atoms with van der Waals surface area (Å²) in [5.41, 5.74) is 1.33. The molecule has 0 aliphatic rings. The second-order valence-corrected chi connectivity index (χ2v) is 5.87. The molecule has 0 radical (unpaired) electrons. The standard InChI is InChI=1S/C16H29N3/c1-6-8-17-16-11-15(7-9-18-16)12-19(5)14(4)10-13(2)3/h7,9,11,13-14H,6,8,10,12H2,1-5H3,(H,17,18). The van der Waals surface area contributed by atoms with Gasteiger partial charge in [0.2, 0.25) is 0 Å². The zero-order valence-corrected chi connectivity index (χ0v) is 13.1. The first kappa shape index (κ1) is 16.0. The molecular weight excluding hydrogens is 234 g/mol. The number of hydrogen-bond acceptors (Lipinski definition) is 3. The Labute approximate surface area is 118 Å². The monoisotopic (exact) mass is 263 g/mol. The molecule has 108 valence electrons. The quantitative estimate of drug-likeness (QED) is 0.774. The van der Waals surface area contributed by atoms with E-state index in [-0.39, 0.29) is 0 Å². The molecule has 1 aromatic rings. The first-order chi connectivity index (χ1) is 9.02. The molecule has 1 aromatic heterocycles. The topological polar surface area (TPSA) is 28.2 Å². The number of anilines is 1. The van der Waals surface area contributed by atoms with Gasteiger partial charge in [-0.05, 0) is 50.4 Å². The highest BCUT2D eigenvalue weighted by Crippen LogP contribution is 2.14. The average molecular weight is 263 g/mol. The highest BCUT2D eigenvalue weighted by atomic mass is 15.1. The van der Waals surface area contributed by atoms with Crippen LogP contribution in [0.25, 0.3) is 0 Å². The lowest BCUT2D eigenvalue weighted by molar-refractivity contribution is 0.220. The third-order valence-corrected chi connectivity index (χ3v) is 3.38. The van der Waals surface area contributed by atoms with Crippen LogP contribution in [-0.2, 0) is 6.54 Å². The van der Waals surface area contributed by atoms with Gasteiger partial charge >= 0.3 is 0 Å². The van der Waals surface area contributed by atoms with E-state index < -0.39 is 0 Å². The van der Waals surface area contributed by atoms with Crippen LogP contribution in [0, 0.1) is 5.92 Å². The van der Waals surface area contributed by atoms with Crippen molar-refractivity contribution in [1.29, 1.82) is 0 Å². The van der Waals surface area contributed by atoms with Gasteiger partial charge in [0.05, 0.1) is 0 Å². The molecule has 0 aliphatic carbocycles. The van der Waals surface area contributed by atoms with Crippen molar-refractivity contribution in [2.24, 2.45) is 5.92 Å². The molecule has 1 N–H and O–H groups in total. The van der Waals surface area contributed by atoms with Gasteiger partial charge in [0, 0.05) is 25.3 Å². The van der Waals surface area contributed by atoms with E-state index in [0.29, 0.717) is 6.04 Å². The first-order valence-electron chi connectivity index (χ1n) is 7.42. The lowest BCUT2D eigenvalue weighted by atomic mass is 10.0. The Morgan fingerprint density at radius 3 is 2.68 bits per heavy atom. The van der Waals surface area contributed by atoms with Crippen molar-refractivity contribution < 1.29 is 0 Å². The molecule has 0 spiro atoms. The molecule has 19 heavy (non-hydrogen) atoms. The number of nitrogens with one attached hydrogen (secondary N) is 1. The second kappa shape index (κ2) is 8.16. The van der Waals surface area contributed by atoms with E-state index in [4.69, 9.17) is 0 Å². The van der Waals surface area contributed by atoms with Crippen LogP contribution < -0.4 is 5.32 Å². The predicted octanol–water partition coefficient (Wildman–Crippen LogP) is 3.77. The molecule has 1 rings (SSSR count). The van der Waals surface area contributed by atoms with Crippen molar-refractivity contribution >= 4 is 5.82 Å². The van der Waals surface area contributed by atoms with Gasteiger partial charge < -0.3 is 5.32 Å². The van der Waals surface area contributed by atoms with E-state index >= 15 is 0 Å². The minimum Gasteiger partial charge on any atom is -0.370 e. The van der Waals surface area contributed by atoms with E-state index in [0.717, 1.165) is 31.2 Å². The van der Waals surface area contributed by atoms with Gasteiger partial charge in [0.25, 0.3) is 0 Å². The average Bonchev–Trinajstić information content (AvgIpc) is 2.36. The molecule has 1 atom stereocenters. The summed E-state index contributed by atoms with van der Waals surface area (Å²) >= 11 is 0. The molecule has 0 fully saturated rings. The van der Waals surface area contributed by atoms with Crippen molar-refractivity contribution in [3.63, 3.8) is 0 Å². The minimum atomic E-state index is 0.611. The summed E-state index contributed by atoms with van der Waals surface area (Å²) in [6, 6.07) is 4.88. The summed E-state index contributed by atoms with van der Waals surface area (Å²) < 4.78 is 0. The van der Waals surface area contributed by atoms with E-state index in [2.05, 4.69) is 62.1 Å². The highest BCUT2D eigenvalue weighted by Gasteiger charge is 2.11. The third kappa shape index (κ3) is 6.06. The van der Waals surface area contributed by atoms with Gasteiger partial charge in [-0.3, -0.25) is 4.90 Å². The Hall–Kier alpha value is -1.09. The molecule has 0 bridgehead atoms. The first-order valence-corrected chi connectivity index (χ1v) is 7.42. The Morgan fingerprint density at radius 1 is 1.32 bits per heavy atom. The number of hydrogen-bond donors (Lipinski definition) is 1. The normalized spacial score (nSPS) is 13.0. The molecule has 0 saturated carbocycles. The fourth-order valence-electron chi connectivity index (χ4n) is 2.23. The SMILES string of the molecule is CCCNc1cc(CN(C)C(C)CC(C)C)ccn1. The fraction of sp³-hybridized carbons (Fsp3) is 0.688. The lowest BCUT2D eigenvalue weighted by Gasteiger charge is -2.26. The summed E-state index contributed by atoms with van der Waals surface area (Å²) in [6.45, 7) is 11.0. The van der Waals surface area contributed by atoms with Gasteiger partial charge in [-0.25, -0.2) is 4.98 Å². The van der Waals surface area contributed by atoms with E-state index in [1.807, 2.05) is 6.20 Å². The van der Waals surface area contributed by atoms with Crippen molar-refractivity contribution in [1.82, 2.24) is 9.88 Å². The molecule has 3 heteroatoms. The Bertz CT molecular complexity index is 363. The predicted molar refractivity (Wildman–Crippen MR) is 83.4 cm³/mol. The Morgan fingerprint density at radius 2 is 2.05 bits per heavy atom. The van der Waals surface area contributed by atoms with Crippen molar-refractivity contribution in [3.8, 4) is 0 Å². The zero-order valence-electron chi connectivity index (χ0n) is 13.1.